The molecule has 1 aliphatic heterocycles. The maximum absolute atomic E-state index is 13.3. The van der Waals surface area contributed by atoms with Crippen LogP contribution in [0.4, 0.5) is 5.82 Å². The van der Waals surface area contributed by atoms with E-state index in [1.54, 1.807) is 27.7 Å². The Hall–Kier alpha value is -2.04. The van der Waals surface area contributed by atoms with Crippen LogP contribution in [0.2, 0.25) is 0 Å². The molecule has 0 radical (unpaired) electrons. The molecular formula is C21H29BrN4O4S. The van der Waals surface area contributed by atoms with Gasteiger partial charge in [0.1, 0.15) is 22.5 Å². The Balaban J connectivity index is 1.85. The smallest absolute Gasteiger partial charge is 0.245 e. The molecule has 1 aromatic heterocycles. The molecule has 2 aromatic rings. The summed E-state index contributed by atoms with van der Waals surface area (Å²) < 4.78 is 36.7. The van der Waals surface area contributed by atoms with Gasteiger partial charge in [0.05, 0.1) is 7.11 Å². The molecule has 1 unspecified atom stereocenters. The minimum atomic E-state index is -4.01. The van der Waals surface area contributed by atoms with E-state index in [0.29, 0.717) is 35.8 Å². The van der Waals surface area contributed by atoms with E-state index in [4.69, 9.17) is 10.5 Å². The standard InChI is InChI=1S/C21H29BrN4O4S/c1-15-7-11-26(12-8-15)21(27)17(9-13-25-10-3-4-20(25)23)24-31(28,29)19-14-16(22)5-6-18(19)30-2/h3-6,10,14-15,17,24H,7-9,11-13,23H2,1-2H3. The van der Waals surface area contributed by atoms with Crippen LogP contribution in [0, 0.1) is 5.92 Å². The molecule has 0 bridgehead atoms. The fourth-order valence-corrected chi connectivity index (χ4v) is 5.62. The van der Waals surface area contributed by atoms with Crippen LogP contribution in [0.1, 0.15) is 26.2 Å². The summed E-state index contributed by atoms with van der Waals surface area (Å²) in [6.45, 7) is 3.84. The summed E-state index contributed by atoms with van der Waals surface area (Å²) in [5.41, 5.74) is 5.94. The third-order valence-electron chi connectivity index (χ3n) is 5.63. The minimum absolute atomic E-state index is 0.0186. The minimum Gasteiger partial charge on any atom is -0.495 e. The van der Waals surface area contributed by atoms with E-state index in [1.807, 2.05) is 12.3 Å². The summed E-state index contributed by atoms with van der Waals surface area (Å²) in [6, 6.07) is 7.40. The van der Waals surface area contributed by atoms with Crippen LogP contribution in [-0.4, -0.2) is 50.0 Å². The molecule has 0 saturated carbocycles. The Kier molecular flexibility index (Phi) is 7.66. The summed E-state index contributed by atoms with van der Waals surface area (Å²) >= 11 is 3.31. The van der Waals surface area contributed by atoms with E-state index in [9.17, 15) is 13.2 Å². The molecule has 2 heterocycles. The molecule has 1 aliphatic rings. The lowest BCUT2D eigenvalue weighted by Gasteiger charge is -2.33. The first-order valence-electron chi connectivity index (χ1n) is 10.3. The first kappa shape index (κ1) is 23.6. The Morgan fingerprint density at radius 2 is 2.03 bits per heavy atom. The zero-order valence-corrected chi connectivity index (χ0v) is 20.2. The van der Waals surface area contributed by atoms with Gasteiger partial charge in [-0.15, -0.1) is 0 Å². The molecular weight excluding hydrogens is 484 g/mol. The zero-order chi connectivity index (χ0) is 22.6. The number of amides is 1. The number of ether oxygens (including phenoxy) is 1. The third kappa shape index (κ3) is 5.81. The second-order valence-corrected chi connectivity index (χ2v) is 10.5. The number of carbonyl (C=O) groups is 1. The van der Waals surface area contributed by atoms with Crippen molar-refractivity contribution in [1.82, 2.24) is 14.2 Å². The van der Waals surface area contributed by atoms with Crippen molar-refractivity contribution in [3.05, 3.63) is 41.0 Å². The van der Waals surface area contributed by atoms with Crippen LogP contribution < -0.4 is 15.2 Å². The van der Waals surface area contributed by atoms with Gasteiger partial charge >= 0.3 is 0 Å². The van der Waals surface area contributed by atoms with Gasteiger partial charge in [0.15, 0.2) is 0 Å². The maximum Gasteiger partial charge on any atom is 0.245 e. The third-order valence-corrected chi connectivity index (χ3v) is 7.62. The highest BCUT2D eigenvalue weighted by Gasteiger charge is 2.32. The van der Waals surface area contributed by atoms with E-state index < -0.39 is 16.1 Å². The zero-order valence-electron chi connectivity index (χ0n) is 17.8. The first-order valence-corrected chi connectivity index (χ1v) is 12.5. The first-order chi connectivity index (χ1) is 14.7. The molecule has 1 atom stereocenters. The van der Waals surface area contributed by atoms with Crippen LogP contribution in [0.3, 0.4) is 0 Å². The predicted octanol–water partition coefficient (Wildman–Crippen LogP) is 2.84. The van der Waals surface area contributed by atoms with Crippen LogP contribution in [-0.2, 0) is 21.4 Å². The van der Waals surface area contributed by atoms with Gasteiger partial charge in [-0.2, -0.15) is 4.72 Å². The number of sulfonamides is 1. The fourth-order valence-electron chi connectivity index (χ4n) is 3.69. The Labute approximate surface area is 191 Å². The van der Waals surface area contributed by atoms with Crippen molar-refractivity contribution < 1.29 is 17.9 Å². The van der Waals surface area contributed by atoms with Gasteiger partial charge in [-0.1, -0.05) is 22.9 Å². The Morgan fingerprint density at radius 1 is 1.32 bits per heavy atom. The number of nitrogens with two attached hydrogens (primary N) is 1. The molecule has 0 aliphatic carbocycles. The van der Waals surface area contributed by atoms with E-state index in [-0.39, 0.29) is 23.0 Å². The largest absolute Gasteiger partial charge is 0.495 e. The number of anilines is 1. The number of nitrogens with one attached hydrogen (secondary N) is 1. The summed E-state index contributed by atoms with van der Waals surface area (Å²) in [5.74, 6) is 1.12. The highest BCUT2D eigenvalue weighted by atomic mass is 79.9. The molecule has 3 rings (SSSR count). The van der Waals surface area contributed by atoms with Crippen LogP contribution in [0.5, 0.6) is 5.75 Å². The lowest BCUT2D eigenvalue weighted by molar-refractivity contribution is -0.134. The van der Waals surface area contributed by atoms with Gasteiger partial charge in [0.2, 0.25) is 15.9 Å². The van der Waals surface area contributed by atoms with Crippen molar-refractivity contribution in [3.8, 4) is 5.75 Å². The molecule has 1 amide bonds. The molecule has 0 spiro atoms. The summed E-state index contributed by atoms with van der Waals surface area (Å²) in [4.78, 5) is 15.0. The number of methoxy groups -OCH3 is 1. The van der Waals surface area contributed by atoms with Crippen molar-refractivity contribution in [1.29, 1.82) is 0 Å². The highest BCUT2D eigenvalue weighted by Crippen LogP contribution is 2.28. The Morgan fingerprint density at radius 3 is 2.65 bits per heavy atom. The van der Waals surface area contributed by atoms with Gasteiger partial charge in [0, 0.05) is 30.3 Å². The second-order valence-electron chi connectivity index (χ2n) is 7.89. The van der Waals surface area contributed by atoms with E-state index in [1.165, 1.54) is 13.2 Å². The number of nitrogen functional groups attached to an aromatic ring is 1. The number of aromatic nitrogens is 1. The molecule has 8 nitrogen and oxygen atoms in total. The van der Waals surface area contributed by atoms with Crippen molar-refractivity contribution in [2.75, 3.05) is 25.9 Å². The summed E-state index contributed by atoms with van der Waals surface area (Å²) in [6.07, 6.45) is 3.91. The normalized spacial score (nSPS) is 16.3. The van der Waals surface area contributed by atoms with Gasteiger partial charge in [0.25, 0.3) is 0 Å². The van der Waals surface area contributed by atoms with E-state index >= 15 is 0 Å². The predicted molar refractivity (Wildman–Crippen MR) is 123 cm³/mol. The number of hydrogen-bond donors (Lipinski definition) is 2. The number of hydrogen-bond acceptors (Lipinski definition) is 5. The molecule has 3 N–H and O–H groups in total. The molecule has 1 saturated heterocycles. The molecule has 1 fully saturated rings. The number of benzene rings is 1. The fraction of sp³-hybridized carbons (Fsp3) is 0.476. The van der Waals surface area contributed by atoms with Crippen molar-refractivity contribution in [2.45, 2.75) is 43.7 Å². The Bertz CT molecular complexity index is 1020. The molecule has 1 aromatic carbocycles. The van der Waals surface area contributed by atoms with Gasteiger partial charge in [-0.25, -0.2) is 8.42 Å². The topological polar surface area (TPSA) is 107 Å². The molecule has 31 heavy (non-hydrogen) atoms. The average Bonchev–Trinajstić information content (AvgIpc) is 3.15. The SMILES string of the molecule is COc1ccc(Br)cc1S(=O)(=O)NC(CCn1cccc1N)C(=O)N1CCC(C)CC1. The highest BCUT2D eigenvalue weighted by molar-refractivity contribution is 9.10. The molecule has 10 heteroatoms. The lowest BCUT2D eigenvalue weighted by atomic mass is 9.98. The van der Waals surface area contributed by atoms with Crippen molar-refractivity contribution >= 4 is 37.7 Å². The van der Waals surface area contributed by atoms with Gasteiger partial charge in [-0.05, 0) is 55.5 Å². The lowest BCUT2D eigenvalue weighted by Crippen LogP contribution is -2.50. The van der Waals surface area contributed by atoms with Crippen LogP contribution in [0.25, 0.3) is 0 Å². The number of aryl methyl sites for hydroxylation is 1. The van der Waals surface area contributed by atoms with E-state index in [0.717, 1.165) is 12.8 Å². The number of nitrogens with zero attached hydrogens (tertiary/aromatic N) is 2. The number of likely N-dealkylation sites (tertiary alicyclic amines) is 1. The quantitative estimate of drug-likeness (QED) is 0.565. The number of rotatable bonds is 8. The van der Waals surface area contributed by atoms with Crippen LogP contribution >= 0.6 is 15.9 Å². The molecule has 170 valence electrons. The van der Waals surface area contributed by atoms with Gasteiger partial charge < -0.3 is 19.9 Å². The summed E-state index contributed by atoms with van der Waals surface area (Å²) in [7, 11) is -2.60. The van der Waals surface area contributed by atoms with Gasteiger partial charge in [-0.3, -0.25) is 4.79 Å². The van der Waals surface area contributed by atoms with E-state index in [2.05, 4.69) is 27.6 Å². The van der Waals surface area contributed by atoms with Crippen molar-refractivity contribution in [3.63, 3.8) is 0 Å². The monoisotopic (exact) mass is 512 g/mol. The second kappa shape index (κ2) is 10.1. The number of halogens is 1. The van der Waals surface area contributed by atoms with Crippen molar-refractivity contribution in [2.24, 2.45) is 5.92 Å². The number of carbonyl (C=O) groups excluding carboxylic acids is 1. The average molecular weight is 513 g/mol. The summed E-state index contributed by atoms with van der Waals surface area (Å²) in [5, 5.41) is 0. The van der Waals surface area contributed by atoms with Crippen LogP contribution in [0.15, 0.2) is 45.9 Å². The number of piperidine rings is 1. The maximum atomic E-state index is 13.3.